The molecule has 1 saturated heterocycles. The number of hydrogen-bond acceptors (Lipinski definition) is 3. The maximum atomic E-state index is 12.9. The Morgan fingerprint density at radius 2 is 1.92 bits per heavy atom. The van der Waals surface area contributed by atoms with Gasteiger partial charge in [-0.15, -0.1) is 6.58 Å². The molecule has 4 nitrogen and oxygen atoms in total. The molecule has 0 unspecified atom stereocenters. The number of amides is 2. The Kier molecular flexibility index (Phi) is 4.78. The van der Waals surface area contributed by atoms with Crippen molar-refractivity contribution in [2.45, 2.75) is 6.18 Å². The molecule has 134 valence electrons. The van der Waals surface area contributed by atoms with E-state index in [4.69, 9.17) is 0 Å². The lowest BCUT2D eigenvalue weighted by molar-refractivity contribution is -0.137. The summed E-state index contributed by atoms with van der Waals surface area (Å²) in [5.74, 6) is -0.448. The number of imide groups is 1. The number of rotatable bonds is 4. The van der Waals surface area contributed by atoms with Gasteiger partial charge in [-0.1, -0.05) is 12.1 Å². The third-order valence-electron chi connectivity index (χ3n) is 3.70. The summed E-state index contributed by atoms with van der Waals surface area (Å²) in [5, 5.41) is -0.404. The highest BCUT2D eigenvalue weighted by molar-refractivity contribution is 8.18. The molecule has 2 aromatic rings. The van der Waals surface area contributed by atoms with Crippen molar-refractivity contribution in [1.82, 2.24) is 9.47 Å². The zero-order valence-corrected chi connectivity index (χ0v) is 14.2. The maximum absolute atomic E-state index is 12.9. The van der Waals surface area contributed by atoms with Crippen LogP contribution in [0.1, 0.15) is 11.3 Å². The molecule has 1 aliphatic rings. The Labute approximate surface area is 151 Å². The quantitative estimate of drug-likeness (QED) is 0.571. The van der Waals surface area contributed by atoms with Crippen molar-refractivity contribution in [3.8, 4) is 5.69 Å². The topological polar surface area (TPSA) is 42.3 Å². The van der Waals surface area contributed by atoms with Gasteiger partial charge in [-0.2, -0.15) is 13.2 Å². The first-order chi connectivity index (χ1) is 12.3. The number of alkyl halides is 3. The summed E-state index contributed by atoms with van der Waals surface area (Å²) in [4.78, 5) is 25.4. The summed E-state index contributed by atoms with van der Waals surface area (Å²) in [6.45, 7) is 3.61. The first kappa shape index (κ1) is 18.1. The molecule has 0 radical (unpaired) electrons. The second-order valence-electron chi connectivity index (χ2n) is 5.43. The molecule has 8 heteroatoms. The van der Waals surface area contributed by atoms with E-state index in [1.165, 1.54) is 28.9 Å². The largest absolute Gasteiger partial charge is 0.416 e. The summed E-state index contributed by atoms with van der Waals surface area (Å²) < 4.78 is 40.3. The fraction of sp³-hybridized carbons (Fsp3) is 0.111. The van der Waals surface area contributed by atoms with E-state index in [0.717, 1.165) is 28.8 Å². The van der Waals surface area contributed by atoms with Crippen molar-refractivity contribution >= 4 is 29.0 Å². The predicted molar refractivity (Wildman–Crippen MR) is 93.6 cm³/mol. The molecule has 0 aliphatic carbocycles. The van der Waals surface area contributed by atoms with Gasteiger partial charge in [0.2, 0.25) is 0 Å². The van der Waals surface area contributed by atoms with Gasteiger partial charge in [-0.3, -0.25) is 14.5 Å². The Hall–Kier alpha value is -2.74. The van der Waals surface area contributed by atoms with Gasteiger partial charge in [0.05, 0.1) is 10.5 Å². The van der Waals surface area contributed by atoms with Crippen molar-refractivity contribution in [1.29, 1.82) is 0 Å². The molecule has 1 aliphatic heterocycles. The van der Waals surface area contributed by atoms with Crippen LogP contribution < -0.4 is 0 Å². The number of carbonyl (C=O) groups excluding carboxylic acids is 2. The number of carbonyl (C=O) groups is 2. The van der Waals surface area contributed by atoms with Crippen LogP contribution in [0.4, 0.5) is 18.0 Å². The summed E-state index contributed by atoms with van der Waals surface area (Å²) in [6.07, 6.45) is 0.0882. The SMILES string of the molecule is C=CCN1C(=O)S/C(=C\c2cccn2-c2cccc(C(F)(F)F)c2)C1=O. The molecule has 3 rings (SSSR count). The van der Waals surface area contributed by atoms with Crippen molar-refractivity contribution in [2.75, 3.05) is 6.54 Å². The third-order valence-corrected chi connectivity index (χ3v) is 4.60. The van der Waals surface area contributed by atoms with Gasteiger partial charge in [-0.25, -0.2) is 0 Å². The molecule has 0 atom stereocenters. The van der Waals surface area contributed by atoms with Gasteiger partial charge in [0.1, 0.15) is 0 Å². The second kappa shape index (κ2) is 6.87. The molecule has 1 aromatic carbocycles. The van der Waals surface area contributed by atoms with Gasteiger partial charge >= 0.3 is 6.18 Å². The van der Waals surface area contributed by atoms with Crippen molar-refractivity contribution in [2.24, 2.45) is 0 Å². The molecule has 2 heterocycles. The number of thioether (sulfide) groups is 1. The van der Waals surface area contributed by atoms with Crippen LogP contribution in [0.5, 0.6) is 0 Å². The van der Waals surface area contributed by atoms with Gasteiger partial charge in [0.15, 0.2) is 0 Å². The van der Waals surface area contributed by atoms with E-state index in [9.17, 15) is 22.8 Å². The van der Waals surface area contributed by atoms with Crippen LogP contribution in [-0.2, 0) is 11.0 Å². The van der Waals surface area contributed by atoms with E-state index in [-0.39, 0.29) is 11.4 Å². The van der Waals surface area contributed by atoms with E-state index >= 15 is 0 Å². The number of nitrogens with zero attached hydrogens (tertiary/aromatic N) is 2. The van der Waals surface area contributed by atoms with Crippen molar-refractivity contribution in [3.05, 3.63) is 71.4 Å². The lowest BCUT2D eigenvalue weighted by atomic mass is 10.2. The predicted octanol–water partition coefficient (Wildman–Crippen LogP) is 4.72. The average molecular weight is 378 g/mol. The number of halogens is 3. The lowest BCUT2D eigenvalue weighted by Crippen LogP contribution is -2.27. The summed E-state index contributed by atoms with van der Waals surface area (Å²) >= 11 is 0.789. The minimum Gasteiger partial charge on any atom is -0.317 e. The summed E-state index contributed by atoms with van der Waals surface area (Å²) in [6, 6.07) is 8.19. The first-order valence-corrected chi connectivity index (χ1v) is 8.34. The van der Waals surface area contributed by atoms with Gasteiger partial charge in [0.25, 0.3) is 11.1 Å². The Balaban J connectivity index is 1.97. The van der Waals surface area contributed by atoms with Gasteiger partial charge in [-0.05, 0) is 48.2 Å². The highest BCUT2D eigenvalue weighted by atomic mass is 32.2. The van der Waals surface area contributed by atoms with E-state index in [1.54, 1.807) is 18.3 Å². The zero-order chi connectivity index (χ0) is 18.9. The van der Waals surface area contributed by atoms with Gasteiger partial charge < -0.3 is 4.57 Å². The van der Waals surface area contributed by atoms with Gasteiger partial charge in [0, 0.05) is 24.1 Å². The summed E-state index contributed by atoms with van der Waals surface area (Å²) in [5.41, 5.74) is 0.0378. The molecule has 0 bridgehead atoms. The van der Waals surface area contributed by atoms with Crippen LogP contribution in [0.15, 0.2) is 60.2 Å². The molecule has 0 saturated carbocycles. The molecular weight excluding hydrogens is 365 g/mol. The molecule has 0 N–H and O–H groups in total. The molecule has 26 heavy (non-hydrogen) atoms. The third kappa shape index (κ3) is 3.45. The Bertz CT molecular complexity index is 915. The first-order valence-electron chi connectivity index (χ1n) is 7.52. The van der Waals surface area contributed by atoms with Crippen molar-refractivity contribution < 1.29 is 22.8 Å². The molecule has 2 amide bonds. The van der Waals surface area contributed by atoms with E-state index in [1.807, 2.05) is 0 Å². The minimum atomic E-state index is -4.45. The molecular formula is C18H13F3N2O2S. The summed E-state index contributed by atoms with van der Waals surface area (Å²) in [7, 11) is 0. The Morgan fingerprint density at radius 1 is 1.15 bits per heavy atom. The van der Waals surface area contributed by atoms with E-state index < -0.39 is 22.9 Å². The standard InChI is InChI=1S/C18H13F3N2O2S/c1-2-8-23-16(24)15(26-17(23)25)11-14-7-4-9-22(14)13-6-3-5-12(10-13)18(19,20)21/h2-7,9-11H,1,8H2/b15-11-. The monoisotopic (exact) mass is 378 g/mol. The number of hydrogen-bond donors (Lipinski definition) is 0. The maximum Gasteiger partial charge on any atom is 0.416 e. The van der Waals surface area contributed by atoms with Crippen molar-refractivity contribution in [3.63, 3.8) is 0 Å². The second-order valence-corrected chi connectivity index (χ2v) is 6.43. The van der Waals surface area contributed by atoms with E-state index in [0.29, 0.717) is 11.4 Å². The van der Waals surface area contributed by atoms with Crippen LogP contribution in [-0.4, -0.2) is 27.2 Å². The molecule has 0 spiro atoms. The lowest BCUT2D eigenvalue weighted by Gasteiger charge is -2.11. The van der Waals surface area contributed by atoms with Crippen LogP contribution in [0.2, 0.25) is 0 Å². The highest BCUT2D eigenvalue weighted by Gasteiger charge is 2.34. The van der Waals surface area contributed by atoms with Crippen LogP contribution in [0, 0.1) is 0 Å². The number of aromatic nitrogens is 1. The van der Waals surface area contributed by atoms with E-state index in [2.05, 4.69) is 6.58 Å². The van der Waals surface area contributed by atoms with Crippen LogP contribution in [0.25, 0.3) is 11.8 Å². The fourth-order valence-electron chi connectivity index (χ4n) is 2.50. The average Bonchev–Trinajstić information content (AvgIpc) is 3.15. The highest BCUT2D eigenvalue weighted by Crippen LogP contribution is 2.33. The van der Waals surface area contributed by atoms with Crippen LogP contribution in [0.3, 0.4) is 0 Å². The number of benzene rings is 1. The Morgan fingerprint density at radius 3 is 2.62 bits per heavy atom. The normalized spacial score (nSPS) is 16.6. The fourth-order valence-corrected chi connectivity index (χ4v) is 3.33. The molecule has 1 fully saturated rings. The van der Waals surface area contributed by atoms with Crippen LogP contribution >= 0.6 is 11.8 Å². The molecule has 1 aromatic heterocycles. The minimum absolute atomic E-state index is 0.108. The zero-order valence-electron chi connectivity index (χ0n) is 13.4. The smallest absolute Gasteiger partial charge is 0.317 e.